The molecule has 0 aliphatic heterocycles. The van der Waals surface area contributed by atoms with E-state index >= 15 is 0 Å². The molecule has 0 radical (unpaired) electrons. The molecule has 1 fully saturated rings. The summed E-state index contributed by atoms with van der Waals surface area (Å²) in [5, 5.41) is 8.16. The predicted octanol–water partition coefficient (Wildman–Crippen LogP) is 4.75. The van der Waals surface area contributed by atoms with Gasteiger partial charge in [-0.2, -0.15) is 4.89 Å². The highest BCUT2D eigenvalue weighted by atomic mass is 17.1. The normalized spacial score (nSPS) is 16.1. The Morgan fingerprint density at radius 2 is 1.68 bits per heavy atom. The van der Waals surface area contributed by atoms with Crippen LogP contribution in [0.1, 0.15) is 73.1 Å². The summed E-state index contributed by atoms with van der Waals surface area (Å²) in [5.74, 6) is 0. The van der Waals surface area contributed by atoms with Crippen LogP contribution < -0.4 is 0 Å². The number of hydrogen-bond acceptors (Lipinski definition) is 5. The van der Waals surface area contributed by atoms with Crippen molar-refractivity contribution in [3.8, 4) is 0 Å². The van der Waals surface area contributed by atoms with Crippen LogP contribution in [0.2, 0.25) is 0 Å². The van der Waals surface area contributed by atoms with Crippen molar-refractivity contribution < 1.29 is 24.4 Å². The third kappa shape index (κ3) is 13.4. The molecule has 5 nitrogen and oxygen atoms in total. The van der Waals surface area contributed by atoms with Crippen molar-refractivity contribution in [2.45, 2.75) is 85.5 Å². The average Bonchev–Trinajstić information content (AvgIpc) is 2.42. The van der Waals surface area contributed by atoms with Gasteiger partial charge in [-0.05, 0) is 25.7 Å². The highest BCUT2D eigenvalue weighted by Gasteiger charge is 2.19. The molecule has 1 saturated carbocycles. The Balaban J connectivity index is 0. The Labute approximate surface area is 117 Å². The third-order valence-corrected chi connectivity index (χ3v) is 2.23. The van der Waals surface area contributed by atoms with Gasteiger partial charge in [-0.15, -0.1) is 0 Å². The van der Waals surface area contributed by atoms with Crippen molar-refractivity contribution in [2.75, 3.05) is 0 Å². The Hall–Kier alpha value is -0.810. The molecule has 1 aliphatic carbocycles. The van der Waals surface area contributed by atoms with Gasteiger partial charge in [0.2, 0.25) is 6.29 Å². The fourth-order valence-corrected chi connectivity index (χ4v) is 1.50. The molecular formula is C14H30O5. The fraction of sp³-hybridized carbons (Fsp3) is 0.929. The van der Waals surface area contributed by atoms with Crippen LogP contribution in [0.5, 0.6) is 0 Å². The Bertz CT molecular complexity index is 190. The zero-order valence-electron chi connectivity index (χ0n) is 13.0. The van der Waals surface area contributed by atoms with Crippen LogP contribution >= 0.6 is 0 Å². The molecule has 116 valence electrons. The minimum Gasteiger partial charge on any atom is -0.431 e. The largest absolute Gasteiger partial charge is 0.510 e. The van der Waals surface area contributed by atoms with Gasteiger partial charge in [0.05, 0.1) is 0 Å². The Morgan fingerprint density at radius 1 is 1.21 bits per heavy atom. The second-order valence-electron chi connectivity index (χ2n) is 4.13. The summed E-state index contributed by atoms with van der Waals surface area (Å²) in [6.07, 6.45) is 4.61. The summed E-state index contributed by atoms with van der Waals surface area (Å²) in [5.41, 5.74) is 0. The molecule has 1 N–H and O–H groups in total. The van der Waals surface area contributed by atoms with Gasteiger partial charge in [0, 0.05) is 6.92 Å². The van der Waals surface area contributed by atoms with Crippen molar-refractivity contribution >= 4 is 6.16 Å². The number of carbonyl (C=O) groups excluding carboxylic acids is 1. The maximum Gasteiger partial charge on any atom is 0.510 e. The highest BCUT2D eigenvalue weighted by Crippen LogP contribution is 2.20. The first-order chi connectivity index (χ1) is 9.13. The van der Waals surface area contributed by atoms with E-state index in [-0.39, 0.29) is 6.10 Å². The number of hydrogen-bond donors (Lipinski definition) is 1. The van der Waals surface area contributed by atoms with E-state index in [0.29, 0.717) is 0 Å². The van der Waals surface area contributed by atoms with Crippen molar-refractivity contribution in [3.05, 3.63) is 0 Å². The van der Waals surface area contributed by atoms with Crippen molar-refractivity contribution in [2.24, 2.45) is 0 Å². The topological polar surface area (TPSA) is 65.0 Å². The second kappa shape index (κ2) is 15.2. The molecule has 1 rings (SSSR count). The minimum atomic E-state index is -0.980. The minimum absolute atomic E-state index is 0.0397. The van der Waals surface area contributed by atoms with Crippen molar-refractivity contribution in [1.29, 1.82) is 0 Å². The van der Waals surface area contributed by atoms with Crippen molar-refractivity contribution in [3.63, 3.8) is 0 Å². The second-order valence-corrected chi connectivity index (χ2v) is 4.13. The van der Waals surface area contributed by atoms with Crippen LogP contribution in [0.4, 0.5) is 4.79 Å². The first kappa shape index (κ1) is 20.5. The lowest BCUT2D eigenvalue weighted by Crippen LogP contribution is -2.24. The first-order valence-corrected chi connectivity index (χ1v) is 7.31. The van der Waals surface area contributed by atoms with Gasteiger partial charge in [0.25, 0.3) is 0 Å². The molecule has 1 atom stereocenters. The zero-order chi connectivity index (χ0) is 15.1. The lowest BCUT2D eigenvalue weighted by Gasteiger charge is -2.21. The van der Waals surface area contributed by atoms with Gasteiger partial charge in [-0.1, -0.05) is 40.5 Å². The molecule has 0 saturated heterocycles. The number of rotatable bonds is 3. The maximum atomic E-state index is 11.0. The van der Waals surface area contributed by atoms with E-state index in [1.165, 1.54) is 19.8 Å². The number of ether oxygens (including phenoxy) is 2. The standard InChI is InChI=1S/C9H16O5.C3H8.C2H6/c1-7(14-11)12-9(10)13-8-5-3-2-4-6-8;1-3-2;1-2/h7-8,11H,2-6H2,1H3;3H2,1-2H3;1-2H3. The van der Waals surface area contributed by atoms with Gasteiger partial charge in [0.15, 0.2) is 0 Å². The molecule has 0 bridgehead atoms. The summed E-state index contributed by atoms with van der Waals surface area (Å²) in [7, 11) is 0. The van der Waals surface area contributed by atoms with Gasteiger partial charge in [0.1, 0.15) is 6.10 Å². The third-order valence-electron chi connectivity index (χ3n) is 2.23. The van der Waals surface area contributed by atoms with Crippen molar-refractivity contribution in [1.82, 2.24) is 0 Å². The van der Waals surface area contributed by atoms with E-state index in [9.17, 15) is 4.79 Å². The van der Waals surface area contributed by atoms with E-state index < -0.39 is 12.4 Å². The van der Waals surface area contributed by atoms with Crippen LogP contribution in [0.25, 0.3) is 0 Å². The monoisotopic (exact) mass is 278 g/mol. The summed E-state index contributed by atoms with van der Waals surface area (Å²) in [6, 6.07) is 0. The van der Waals surface area contributed by atoms with E-state index in [2.05, 4.69) is 23.5 Å². The molecular weight excluding hydrogens is 248 g/mol. The molecule has 19 heavy (non-hydrogen) atoms. The van der Waals surface area contributed by atoms with Crippen LogP contribution in [-0.4, -0.2) is 23.8 Å². The maximum absolute atomic E-state index is 11.0. The van der Waals surface area contributed by atoms with E-state index in [0.717, 1.165) is 25.7 Å². The van der Waals surface area contributed by atoms with Crippen LogP contribution in [0.3, 0.4) is 0 Å². The molecule has 1 aliphatic rings. The number of carbonyl (C=O) groups is 1. The fourth-order valence-electron chi connectivity index (χ4n) is 1.50. The molecule has 5 heteroatoms. The van der Waals surface area contributed by atoms with E-state index in [4.69, 9.17) is 9.99 Å². The Kier molecular flexibility index (Phi) is 16.5. The molecule has 0 aromatic carbocycles. The smallest absolute Gasteiger partial charge is 0.431 e. The SMILES string of the molecule is CC.CC(OO)OC(=O)OC1CCCCC1.CCC. The molecule has 0 heterocycles. The molecule has 0 aromatic rings. The molecule has 0 spiro atoms. The van der Waals surface area contributed by atoms with Gasteiger partial charge < -0.3 is 9.47 Å². The van der Waals surface area contributed by atoms with Gasteiger partial charge >= 0.3 is 6.16 Å². The van der Waals surface area contributed by atoms with Crippen LogP contribution in [0, 0.1) is 0 Å². The van der Waals surface area contributed by atoms with E-state index in [1.807, 2.05) is 13.8 Å². The summed E-state index contributed by atoms with van der Waals surface area (Å²) in [4.78, 5) is 14.8. The van der Waals surface area contributed by atoms with Gasteiger partial charge in [-0.25, -0.2) is 10.1 Å². The average molecular weight is 278 g/mol. The van der Waals surface area contributed by atoms with E-state index in [1.54, 1.807) is 0 Å². The van der Waals surface area contributed by atoms with Gasteiger partial charge in [-0.3, -0.25) is 0 Å². The highest BCUT2D eigenvalue weighted by molar-refractivity contribution is 5.60. The summed E-state index contributed by atoms with van der Waals surface area (Å²) < 4.78 is 9.58. The zero-order valence-corrected chi connectivity index (χ0v) is 13.0. The lowest BCUT2D eigenvalue weighted by molar-refractivity contribution is -0.329. The van der Waals surface area contributed by atoms with Crippen LogP contribution in [0.15, 0.2) is 0 Å². The molecule has 0 aromatic heterocycles. The van der Waals surface area contributed by atoms with Crippen LogP contribution in [-0.2, 0) is 14.4 Å². The predicted molar refractivity (Wildman–Crippen MR) is 74.9 cm³/mol. The lowest BCUT2D eigenvalue weighted by atomic mass is 9.98. The summed E-state index contributed by atoms with van der Waals surface area (Å²) in [6.45, 7) is 9.65. The summed E-state index contributed by atoms with van der Waals surface area (Å²) >= 11 is 0. The Morgan fingerprint density at radius 3 is 2.11 bits per heavy atom. The quantitative estimate of drug-likeness (QED) is 0.349. The molecule has 1 unspecified atom stereocenters. The first-order valence-electron chi connectivity index (χ1n) is 7.31. The molecule has 0 amide bonds.